The number of nitrogens with two attached hydrogens (primary N) is 1. The van der Waals surface area contributed by atoms with Crippen molar-refractivity contribution in [2.24, 2.45) is 11.7 Å². The van der Waals surface area contributed by atoms with Crippen molar-refractivity contribution < 1.29 is 14.6 Å². The van der Waals surface area contributed by atoms with Crippen LogP contribution in [0.3, 0.4) is 0 Å². The molecule has 4 nitrogen and oxygen atoms in total. The summed E-state index contributed by atoms with van der Waals surface area (Å²) < 4.78 is 4.22. The van der Waals surface area contributed by atoms with Crippen LogP contribution in [0.1, 0.15) is 33.6 Å². The monoisotopic (exact) mass is 191 g/mol. The van der Waals surface area contributed by atoms with Crippen molar-refractivity contribution in [1.29, 1.82) is 0 Å². The van der Waals surface area contributed by atoms with Crippen molar-refractivity contribution >= 4 is 6.16 Å². The van der Waals surface area contributed by atoms with E-state index in [1.54, 1.807) is 0 Å². The van der Waals surface area contributed by atoms with Gasteiger partial charge in [0.15, 0.2) is 0 Å². The molecule has 0 aromatic rings. The van der Waals surface area contributed by atoms with Gasteiger partial charge in [0.2, 0.25) is 0 Å². The lowest BCUT2D eigenvalue weighted by molar-refractivity contribution is 0.0814. The van der Waals surface area contributed by atoms with Crippen molar-refractivity contribution in [2.75, 3.05) is 13.2 Å². The smallest absolute Gasteiger partial charge is 0.450 e. The molecule has 0 aromatic heterocycles. The molecule has 3 N–H and O–H groups in total. The van der Waals surface area contributed by atoms with E-state index in [1.807, 2.05) is 13.8 Å². The molecule has 13 heavy (non-hydrogen) atoms. The van der Waals surface area contributed by atoms with Crippen LogP contribution in [0.25, 0.3) is 0 Å². The van der Waals surface area contributed by atoms with E-state index in [-0.39, 0.29) is 12.5 Å². The molecular weight excluding hydrogens is 170 g/mol. The standard InChI is InChI=1S/C5H10O3.C4H11N/c1-4(2)3-8-5(6)7;1-2-3-4-5/h4H,3H2,1-2H3,(H,6,7);2-5H2,1H3. The predicted molar refractivity (Wildman–Crippen MR) is 52.8 cm³/mol. The summed E-state index contributed by atoms with van der Waals surface area (Å²) in [6, 6.07) is 0. The number of hydrogen-bond acceptors (Lipinski definition) is 3. The lowest BCUT2D eigenvalue weighted by Crippen LogP contribution is -2.06. The molecule has 4 heteroatoms. The number of ether oxygens (including phenoxy) is 1. The third-order valence-corrected chi connectivity index (χ3v) is 1.10. The van der Waals surface area contributed by atoms with Crippen LogP contribution in [-0.2, 0) is 4.74 Å². The topological polar surface area (TPSA) is 72.5 Å². The Kier molecular flexibility index (Phi) is 12.7. The van der Waals surface area contributed by atoms with Gasteiger partial charge in [0.25, 0.3) is 0 Å². The zero-order valence-corrected chi connectivity index (χ0v) is 8.75. The minimum absolute atomic E-state index is 0.283. The second-order valence-corrected chi connectivity index (χ2v) is 3.11. The quantitative estimate of drug-likeness (QED) is 0.667. The summed E-state index contributed by atoms with van der Waals surface area (Å²) in [6.07, 6.45) is 1.19. The Morgan fingerprint density at radius 3 is 2.15 bits per heavy atom. The fourth-order valence-electron chi connectivity index (χ4n) is 0.442. The molecule has 0 heterocycles. The van der Waals surface area contributed by atoms with Crippen LogP contribution in [0, 0.1) is 5.92 Å². The molecule has 0 unspecified atom stereocenters. The molecule has 0 aliphatic carbocycles. The lowest BCUT2D eigenvalue weighted by Gasteiger charge is -2.00. The van der Waals surface area contributed by atoms with Crippen LogP contribution >= 0.6 is 0 Å². The minimum Gasteiger partial charge on any atom is -0.450 e. The summed E-state index contributed by atoms with van der Waals surface area (Å²) >= 11 is 0. The lowest BCUT2D eigenvalue weighted by atomic mass is 10.2. The van der Waals surface area contributed by atoms with E-state index in [2.05, 4.69) is 11.7 Å². The van der Waals surface area contributed by atoms with Crippen molar-refractivity contribution in [3.8, 4) is 0 Å². The van der Waals surface area contributed by atoms with Crippen LogP contribution in [0.4, 0.5) is 4.79 Å². The number of hydrogen-bond donors (Lipinski definition) is 2. The summed E-state index contributed by atoms with van der Waals surface area (Å²) in [5, 5.41) is 7.94. The highest BCUT2D eigenvalue weighted by Crippen LogP contribution is 1.91. The van der Waals surface area contributed by atoms with Gasteiger partial charge in [-0.05, 0) is 18.9 Å². The van der Waals surface area contributed by atoms with E-state index in [9.17, 15) is 4.79 Å². The summed E-state index contributed by atoms with van der Waals surface area (Å²) in [5.41, 5.74) is 5.14. The van der Waals surface area contributed by atoms with Gasteiger partial charge in [0, 0.05) is 0 Å². The van der Waals surface area contributed by atoms with Gasteiger partial charge < -0.3 is 15.6 Å². The zero-order chi connectivity index (χ0) is 10.7. The maximum Gasteiger partial charge on any atom is 0.505 e. The number of rotatable bonds is 4. The number of unbranched alkanes of at least 4 members (excludes halogenated alkanes) is 1. The normalized spacial score (nSPS) is 9.00. The molecular formula is C9H21NO3. The van der Waals surface area contributed by atoms with Gasteiger partial charge in [0.05, 0.1) is 6.61 Å². The summed E-state index contributed by atoms with van der Waals surface area (Å²) in [7, 11) is 0. The Balaban J connectivity index is 0. The molecule has 0 aliphatic rings. The minimum atomic E-state index is -1.20. The molecule has 0 aliphatic heterocycles. The Bertz CT molecular complexity index is 113. The summed E-state index contributed by atoms with van der Waals surface area (Å²) in [4.78, 5) is 9.68. The highest BCUT2D eigenvalue weighted by Gasteiger charge is 1.97. The average molecular weight is 191 g/mol. The van der Waals surface area contributed by atoms with Crippen LogP contribution in [0.15, 0.2) is 0 Å². The fourth-order valence-corrected chi connectivity index (χ4v) is 0.442. The Morgan fingerprint density at radius 1 is 1.54 bits per heavy atom. The number of carbonyl (C=O) groups is 1. The van der Waals surface area contributed by atoms with Crippen molar-refractivity contribution in [1.82, 2.24) is 0 Å². The van der Waals surface area contributed by atoms with Gasteiger partial charge in [-0.1, -0.05) is 27.2 Å². The average Bonchev–Trinajstić information content (AvgIpc) is 2.03. The van der Waals surface area contributed by atoms with Crippen LogP contribution < -0.4 is 5.73 Å². The molecule has 0 aromatic carbocycles. The largest absolute Gasteiger partial charge is 0.505 e. The van der Waals surface area contributed by atoms with E-state index >= 15 is 0 Å². The second kappa shape index (κ2) is 11.2. The third-order valence-electron chi connectivity index (χ3n) is 1.10. The molecule has 0 spiro atoms. The van der Waals surface area contributed by atoms with Gasteiger partial charge in [-0.15, -0.1) is 0 Å². The van der Waals surface area contributed by atoms with Crippen molar-refractivity contribution in [3.05, 3.63) is 0 Å². The van der Waals surface area contributed by atoms with Crippen molar-refractivity contribution in [3.63, 3.8) is 0 Å². The Hall–Kier alpha value is -0.770. The summed E-state index contributed by atoms with van der Waals surface area (Å²) in [5.74, 6) is 0.283. The molecule has 0 saturated carbocycles. The molecule has 0 radical (unpaired) electrons. The number of carboxylic acid groups (broad SMARTS) is 1. The predicted octanol–water partition coefficient (Wildman–Crippen LogP) is 2.08. The molecule has 0 amide bonds. The first-order valence-corrected chi connectivity index (χ1v) is 4.60. The maximum atomic E-state index is 9.68. The molecule has 0 bridgehead atoms. The third kappa shape index (κ3) is 24.6. The van der Waals surface area contributed by atoms with Crippen LogP contribution in [-0.4, -0.2) is 24.4 Å². The molecule has 0 fully saturated rings. The fraction of sp³-hybridized carbons (Fsp3) is 0.889. The first kappa shape index (κ1) is 14.7. The van der Waals surface area contributed by atoms with Crippen LogP contribution in [0.5, 0.6) is 0 Å². The first-order chi connectivity index (χ1) is 6.04. The van der Waals surface area contributed by atoms with Gasteiger partial charge in [-0.3, -0.25) is 0 Å². The Labute approximate surface area is 80.1 Å². The molecule has 0 atom stereocenters. The SMILES string of the molecule is CC(C)COC(=O)O.CCCCN. The molecule has 80 valence electrons. The van der Waals surface area contributed by atoms with Crippen LogP contribution in [0.2, 0.25) is 0 Å². The van der Waals surface area contributed by atoms with Gasteiger partial charge >= 0.3 is 6.16 Å². The van der Waals surface area contributed by atoms with Gasteiger partial charge in [-0.25, -0.2) is 4.79 Å². The van der Waals surface area contributed by atoms with E-state index in [4.69, 9.17) is 10.8 Å². The molecule has 0 rings (SSSR count). The van der Waals surface area contributed by atoms with E-state index in [0.29, 0.717) is 0 Å². The Morgan fingerprint density at radius 2 is 2.08 bits per heavy atom. The van der Waals surface area contributed by atoms with E-state index in [0.717, 1.165) is 6.54 Å². The zero-order valence-electron chi connectivity index (χ0n) is 8.75. The highest BCUT2D eigenvalue weighted by atomic mass is 16.7. The van der Waals surface area contributed by atoms with Gasteiger partial charge in [0.1, 0.15) is 0 Å². The first-order valence-electron chi connectivity index (χ1n) is 4.60. The molecule has 0 saturated heterocycles. The van der Waals surface area contributed by atoms with Crippen molar-refractivity contribution in [2.45, 2.75) is 33.6 Å². The van der Waals surface area contributed by atoms with Gasteiger partial charge in [-0.2, -0.15) is 0 Å². The van der Waals surface area contributed by atoms with E-state index < -0.39 is 6.16 Å². The highest BCUT2D eigenvalue weighted by molar-refractivity contribution is 5.56. The van der Waals surface area contributed by atoms with E-state index in [1.165, 1.54) is 12.8 Å². The second-order valence-electron chi connectivity index (χ2n) is 3.11. The summed E-state index contributed by atoms with van der Waals surface area (Å²) in [6.45, 7) is 7.05. The maximum absolute atomic E-state index is 9.68.